The summed E-state index contributed by atoms with van der Waals surface area (Å²) in [7, 11) is 4.48. The Hall–Kier alpha value is -3.73. The molecule has 9 aliphatic rings. The number of esters is 3. The van der Waals surface area contributed by atoms with Crippen LogP contribution in [-0.2, 0) is 43.0 Å². The van der Waals surface area contributed by atoms with E-state index in [4.69, 9.17) is 14.2 Å². The minimum absolute atomic E-state index is 0.0576. The topological polar surface area (TPSA) is 150 Å². The zero-order chi connectivity index (χ0) is 53.6. The SMILES string of the molecule is CCCSC=C1CC[C@@H]2C3=C(C(C)C)CC[C@]3(C(=O)OC)CC[C@@]2(C)C1=O.COC(=O)[C@]12CCC(C(C)C)=C1[C@H]1CC/C(=C/O)C(=O)[C@]1(C)CC2.COC(=O)[C@]12CCC(C(C)C)=C1[C@H]1CCCC(=O)[C@]1(C)CC2. The van der Waals surface area contributed by atoms with Crippen LogP contribution in [0.2, 0.25) is 0 Å². The lowest BCUT2D eigenvalue weighted by atomic mass is 9.51. The lowest BCUT2D eigenvalue weighted by Gasteiger charge is -2.51. The highest BCUT2D eigenvalue weighted by molar-refractivity contribution is 8.02. The van der Waals surface area contributed by atoms with Crippen LogP contribution in [0.3, 0.4) is 0 Å². The van der Waals surface area contributed by atoms with Gasteiger partial charge in [-0.1, -0.05) is 86.0 Å². The molecule has 0 amide bonds. The summed E-state index contributed by atoms with van der Waals surface area (Å²) in [5, 5.41) is 11.5. The molecule has 11 heteroatoms. The van der Waals surface area contributed by atoms with Gasteiger partial charge in [0.25, 0.3) is 0 Å². The Kier molecular flexibility index (Phi) is 17.0. The summed E-state index contributed by atoms with van der Waals surface area (Å²) in [5.41, 5.74) is 6.94. The first kappa shape index (κ1) is 57.0. The molecule has 0 aromatic heterocycles. The largest absolute Gasteiger partial charge is 0.515 e. The second-order valence-electron chi connectivity index (χ2n) is 25.1. The number of aliphatic hydroxyl groups is 1. The maximum atomic E-state index is 13.5. The minimum Gasteiger partial charge on any atom is -0.515 e. The van der Waals surface area contributed by atoms with E-state index in [1.54, 1.807) is 11.8 Å². The van der Waals surface area contributed by atoms with E-state index in [-0.39, 0.29) is 52.3 Å². The molecule has 0 radical (unpaired) electrons. The molecule has 0 aromatic rings. The van der Waals surface area contributed by atoms with Gasteiger partial charge in [-0.25, -0.2) is 0 Å². The molecular formula is C62H90O10S. The van der Waals surface area contributed by atoms with Gasteiger partial charge in [0.1, 0.15) is 5.78 Å². The molecule has 404 valence electrons. The molecule has 0 heterocycles. The first-order valence-electron chi connectivity index (χ1n) is 28.2. The van der Waals surface area contributed by atoms with Crippen molar-refractivity contribution in [3.63, 3.8) is 0 Å². The van der Waals surface area contributed by atoms with Gasteiger partial charge >= 0.3 is 17.9 Å². The Labute approximate surface area is 442 Å². The van der Waals surface area contributed by atoms with Gasteiger partial charge in [-0.05, 0) is 185 Å². The number of ketones is 3. The van der Waals surface area contributed by atoms with Crippen LogP contribution in [-0.4, -0.2) is 67.4 Å². The van der Waals surface area contributed by atoms with Gasteiger partial charge < -0.3 is 19.3 Å². The van der Waals surface area contributed by atoms with E-state index < -0.39 is 21.7 Å². The Balaban J connectivity index is 0.000000161. The lowest BCUT2D eigenvalue weighted by molar-refractivity contribution is -0.156. The number of aliphatic hydroxyl groups excluding tert-OH is 1. The Morgan fingerprint density at radius 2 is 0.918 bits per heavy atom. The zero-order valence-corrected chi connectivity index (χ0v) is 47.8. The van der Waals surface area contributed by atoms with Crippen LogP contribution in [0.25, 0.3) is 0 Å². The fourth-order valence-corrected chi connectivity index (χ4v) is 17.3. The molecule has 0 unspecified atom stereocenters. The van der Waals surface area contributed by atoms with Gasteiger partial charge in [-0.15, -0.1) is 11.8 Å². The van der Waals surface area contributed by atoms with Crippen LogP contribution < -0.4 is 0 Å². The highest BCUT2D eigenvalue weighted by atomic mass is 32.2. The van der Waals surface area contributed by atoms with Crippen molar-refractivity contribution in [3.05, 3.63) is 56.3 Å². The number of Topliss-reactive ketones (excluding diaryl/α,β-unsaturated/α-hetero) is 3. The van der Waals surface area contributed by atoms with Crippen molar-refractivity contribution in [2.45, 2.75) is 198 Å². The first-order chi connectivity index (χ1) is 34.5. The third-order valence-electron chi connectivity index (χ3n) is 20.7. The number of allylic oxidation sites excluding steroid dienone is 5. The summed E-state index contributed by atoms with van der Waals surface area (Å²) in [6, 6.07) is 0. The smallest absolute Gasteiger partial charge is 0.315 e. The van der Waals surface area contributed by atoms with E-state index in [0.29, 0.717) is 60.6 Å². The molecule has 6 fully saturated rings. The number of methoxy groups -OCH3 is 3. The second kappa shape index (κ2) is 21.7. The van der Waals surface area contributed by atoms with Crippen molar-refractivity contribution in [1.29, 1.82) is 0 Å². The van der Waals surface area contributed by atoms with E-state index in [1.807, 2.05) is 6.92 Å². The van der Waals surface area contributed by atoms with E-state index in [9.17, 15) is 33.9 Å². The second-order valence-corrected chi connectivity index (χ2v) is 26.1. The summed E-state index contributed by atoms with van der Waals surface area (Å²) in [5.74, 6) is 3.32. The molecular weight excluding hydrogens is 937 g/mol. The van der Waals surface area contributed by atoms with Gasteiger partial charge in [0.15, 0.2) is 11.6 Å². The van der Waals surface area contributed by atoms with Crippen LogP contribution in [0.5, 0.6) is 0 Å². The standard InChI is InChI=1S/C23H34O3S.C20H28O4.C19H28O3/c1-6-13-27-14-16-7-8-18-19-17(15(2)3)9-10-23(19,21(25)26-5)12-11-22(18,4)20(16)24;1-12(2)14-7-8-20(18(23)24-4)10-9-19(3)15(16(14)20)6-5-13(11-21)17(19)22;1-12(2)13-8-9-19(17(21)22-4)11-10-18(3)14(16(13)19)6-5-7-15(18)20/h14-15,18H,6-13H2,1-5H3;11-12,15,21H,5-10H2,1-4H3;12,14H,5-11H2,1-4H3/b;13-11-;/t18-,22-,23+;15-,19-,20+;14-,18-,19+/m111/s1. The number of thioether (sulfide) groups is 1. The fourth-order valence-electron chi connectivity index (χ4n) is 16.5. The summed E-state index contributed by atoms with van der Waals surface area (Å²) in [4.78, 5) is 77.3. The summed E-state index contributed by atoms with van der Waals surface area (Å²) in [6.45, 7) is 21.7. The van der Waals surface area contributed by atoms with E-state index >= 15 is 0 Å². The van der Waals surface area contributed by atoms with Crippen LogP contribution >= 0.6 is 11.8 Å². The quantitative estimate of drug-likeness (QED) is 0.0587. The molecule has 1 N–H and O–H groups in total. The van der Waals surface area contributed by atoms with Crippen molar-refractivity contribution < 1.29 is 48.1 Å². The number of rotatable bonds is 9. The minimum atomic E-state index is -0.529. The number of hydrogen-bond acceptors (Lipinski definition) is 11. The maximum Gasteiger partial charge on any atom is 0.315 e. The molecule has 0 aromatic carbocycles. The lowest BCUT2D eigenvalue weighted by Crippen LogP contribution is -2.51. The monoisotopic (exact) mass is 1030 g/mol. The number of ether oxygens (including phenoxy) is 3. The highest BCUT2D eigenvalue weighted by Gasteiger charge is 2.64. The maximum absolute atomic E-state index is 13.5. The average Bonchev–Trinajstić information content (AvgIpc) is 4.10. The predicted molar refractivity (Wildman–Crippen MR) is 288 cm³/mol. The number of carbonyl (C=O) groups excluding carboxylic acids is 6. The third-order valence-corrected chi connectivity index (χ3v) is 21.8. The van der Waals surface area contributed by atoms with Gasteiger partial charge in [0.2, 0.25) is 0 Å². The van der Waals surface area contributed by atoms with Gasteiger partial charge in [-0.3, -0.25) is 28.8 Å². The molecule has 0 spiro atoms. The molecule has 73 heavy (non-hydrogen) atoms. The van der Waals surface area contributed by atoms with Crippen LogP contribution in [0, 0.1) is 68.0 Å². The van der Waals surface area contributed by atoms with Gasteiger partial charge in [-0.2, -0.15) is 0 Å². The van der Waals surface area contributed by atoms with Crippen molar-refractivity contribution in [2.24, 2.45) is 68.0 Å². The Morgan fingerprint density at radius 3 is 1.29 bits per heavy atom. The summed E-state index contributed by atoms with van der Waals surface area (Å²) in [6.07, 6.45) is 18.0. The summed E-state index contributed by atoms with van der Waals surface area (Å²) < 4.78 is 15.7. The third kappa shape index (κ3) is 9.23. The van der Waals surface area contributed by atoms with E-state index in [2.05, 4.69) is 67.7 Å². The zero-order valence-electron chi connectivity index (χ0n) is 47.0. The Morgan fingerprint density at radius 1 is 0.548 bits per heavy atom. The highest BCUT2D eigenvalue weighted by Crippen LogP contribution is 2.67. The van der Waals surface area contributed by atoms with Gasteiger partial charge in [0, 0.05) is 33.8 Å². The first-order valence-corrected chi connectivity index (χ1v) is 29.3. The summed E-state index contributed by atoms with van der Waals surface area (Å²) >= 11 is 1.77. The normalized spacial score (nSPS) is 36.7. The molecule has 0 aliphatic heterocycles. The van der Waals surface area contributed by atoms with Crippen molar-refractivity contribution in [2.75, 3.05) is 27.1 Å². The Bertz CT molecular complexity index is 2400. The molecule has 9 rings (SSSR count). The van der Waals surface area contributed by atoms with E-state index in [0.717, 1.165) is 120 Å². The van der Waals surface area contributed by atoms with Crippen LogP contribution in [0.15, 0.2) is 56.3 Å². The number of carbonyl (C=O) groups is 6. The van der Waals surface area contributed by atoms with Crippen LogP contribution in [0.1, 0.15) is 198 Å². The van der Waals surface area contributed by atoms with Crippen molar-refractivity contribution >= 4 is 47.0 Å². The molecule has 0 bridgehead atoms. The van der Waals surface area contributed by atoms with E-state index in [1.165, 1.54) is 54.8 Å². The van der Waals surface area contributed by atoms with Crippen molar-refractivity contribution in [3.8, 4) is 0 Å². The van der Waals surface area contributed by atoms with Crippen molar-refractivity contribution in [1.82, 2.24) is 0 Å². The molecule has 6 saturated carbocycles. The number of fused-ring (bicyclic) bond motifs is 9. The fraction of sp³-hybridized carbons (Fsp3) is 0.742. The molecule has 9 atom stereocenters. The predicted octanol–water partition coefficient (Wildman–Crippen LogP) is 13.9. The number of hydrogen-bond donors (Lipinski definition) is 1. The van der Waals surface area contributed by atoms with Crippen LogP contribution in [0.4, 0.5) is 0 Å². The molecule has 9 aliphatic carbocycles. The van der Waals surface area contributed by atoms with Gasteiger partial charge in [0.05, 0.1) is 43.8 Å². The molecule has 0 saturated heterocycles. The molecule has 10 nitrogen and oxygen atoms in total. The average molecular weight is 1030 g/mol.